The lowest BCUT2D eigenvalue weighted by atomic mass is 9.90. The minimum atomic E-state index is -4.97. The molecule has 102 valence electrons. The van der Waals surface area contributed by atoms with E-state index in [1.807, 2.05) is 0 Å². The number of nitrogens with one attached hydrogen (secondary N) is 1. The molecule has 0 aliphatic heterocycles. The van der Waals surface area contributed by atoms with E-state index in [0.29, 0.717) is 5.52 Å². The predicted molar refractivity (Wildman–Crippen MR) is 62.2 cm³/mol. The Bertz CT molecular complexity index is 621. The van der Waals surface area contributed by atoms with Crippen LogP contribution >= 0.6 is 0 Å². The van der Waals surface area contributed by atoms with Gasteiger partial charge < -0.3 is 15.5 Å². The van der Waals surface area contributed by atoms with Gasteiger partial charge in [-0.2, -0.15) is 13.2 Å². The normalized spacial score (nSPS) is 15.2. The Kier molecular flexibility index (Phi) is 3.01. The van der Waals surface area contributed by atoms with E-state index in [-0.39, 0.29) is 10.9 Å². The molecule has 1 aromatic carbocycles. The van der Waals surface area contributed by atoms with Crippen molar-refractivity contribution < 1.29 is 22.7 Å². The Morgan fingerprint density at radius 3 is 2.53 bits per heavy atom. The van der Waals surface area contributed by atoms with Gasteiger partial charge in [0.15, 0.2) is 0 Å². The maximum absolute atomic E-state index is 13.2. The molecule has 0 spiro atoms. The smallest absolute Gasteiger partial charge is 0.421 e. The summed E-state index contributed by atoms with van der Waals surface area (Å²) in [6.45, 7) is 0. The van der Waals surface area contributed by atoms with Gasteiger partial charge in [-0.25, -0.2) is 4.79 Å². The van der Waals surface area contributed by atoms with Gasteiger partial charge >= 0.3 is 12.1 Å². The first-order chi connectivity index (χ1) is 8.82. The van der Waals surface area contributed by atoms with Crippen molar-refractivity contribution in [1.29, 1.82) is 0 Å². The summed E-state index contributed by atoms with van der Waals surface area (Å²) in [5, 5.41) is 0.229. The highest BCUT2D eigenvalue weighted by Crippen LogP contribution is 2.40. The Labute approximate surface area is 106 Å². The number of aromatic amines is 1. The summed E-state index contributed by atoms with van der Waals surface area (Å²) in [4.78, 5) is 14.2. The number of esters is 1. The highest BCUT2D eigenvalue weighted by atomic mass is 19.4. The minimum absolute atomic E-state index is 0.229. The van der Waals surface area contributed by atoms with Crippen LogP contribution in [0.1, 0.15) is 5.56 Å². The standard InChI is InChI=1S/C12H11F3N2O2/c1-19-10(18)11(16,12(13,14)15)8-6-17-9-5-3-2-4-7(8)9/h2-6,17H,16H2,1H3/t11-/m1/s1. The number of alkyl halides is 3. The van der Waals surface area contributed by atoms with Crippen LogP contribution < -0.4 is 5.73 Å². The van der Waals surface area contributed by atoms with Crippen molar-refractivity contribution in [2.24, 2.45) is 5.73 Å². The zero-order valence-electron chi connectivity index (χ0n) is 9.91. The zero-order chi connectivity index (χ0) is 14.3. The summed E-state index contributed by atoms with van der Waals surface area (Å²) < 4.78 is 43.8. The number of benzene rings is 1. The first-order valence-electron chi connectivity index (χ1n) is 5.33. The van der Waals surface area contributed by atoms with E-state index in [9.17, 15) is 18.0 Å². The molecule has 0 saturated heterocycles. The van der Waals surface area contributed by atoms with Crippen LogP contribution in [0.15, 0.2) is 30.5 Å². The van der Waals surface area contributed by atoms with Crippen LogP contribution in [-0.2, 0) is 15.1 Å². The summed E-state index contributed by atoms with van der Waals surface area (Å²) in [6, 6.07) is 6.27. The summed E-state index contributed by atoms with van der Waals surface area (Å²) in [7, 11) is 0.866. The number of aromatic nitrogens is 1. The van der Waals surface area contributed by atoms with Gasteiger partial charge in [0.2, 0.25) is 5.54 Å². The lowest BCUT2D eigenvalue weighted by Crippen LogP contribution is -2.57. The monoisotopic (exact) mass is 272 g/mol. The number of para-hydroxylation sites is 1. The molecule has 1 aromatic heterocycles. The number of carbonyl (C=O) groups is 1. The third-order valence-corrected chi connectivity index (χ3v) is 2.97. The topological polar surface area (TPSA) is 68.1 Å². The number of rotatable bonds is 2. The quantitative estimate of drug-likeness (QED) is 0.822. The van der Waals surface area contributed by atoms with E-state index in [0.717, 1.165) is 13.3 Å². The van der Waals surface area contributed by atoms with Crippen LogP contribution in [0.2, 0.25) is 0 Å². The molecule has 19 heavy (non-hydrogen) atoms. The number of methoxy groups -OCH3 is 1. The van der Waals surface area contributed by atoms with Gasteiger partial charge in [0.1, 0.15) is 0 Å². The van der Waals surface area contributed by atoms with E-state index in [1.165, 1.54) is 6.07 Å². The number of carbonyl (C=O) groups excluding carboxylic acids is 1. The average Bonchev–Trinajstić information content (AvgIpc) is 2.79. The number of nitrogens with two attached hydrogens (primary N) is 1. The Morgan fingerprint density at radius 2 is 1.95 bits per heavy atom. The first kappa shape index (κ1) is 13.4. The summed E-state index contributed by atoms with van der Waals surface area (Å²) in [6.07, 6.45) is -3.89. The molecule has 0 unspecified atom stereocenters. The van der Waals surface area contributed by atoms with Gasteiger partial charge in [-0.15, -0.1) is 0 Å². The van der Waals surface area contributed by atoms with E-state index < -0.39 is 17.7 Å². The van der Waals surface area contributed by atoms with Crippen molar-refractivity contribution in [1.82, 2.24) is 4.98 Å². The lowest BCUT2D eigenvalue weighted by molar-refractivity contribution is -0.206. The van der Waals surface area contributed by atoms with E-state index in [2.05, 4.69) is 9.72 Å². The number of hydrogen-bond donors (Lipinski definition) is 2. The molecular weight excluding hydrogens is 261 g/mol. The second-order valence-electron chi connectivity index (χ2n) is 4.05. The molecule has 2 aromatic rings. The molecule has 0 radical (unpaired) electrons. The third-order valence-electron chi connectivity index (χ3n) is 2.97. The van der Waals surface area contributed by atoms with Gasteiger partial charge in [-0.05, 0) is 6.07 Å². The molecule has 3 N–H and O–H groups in total. The fourth-order valence-corrected chi connectivity index (χ4v) is 1.94. The minimum Gasteiger partial charge on any atom is -0.467 e. The molecule has 0 aliphatic rings. The largest absolute Gasteiger partial charge is 0.467 e. The second-order valence-corrected chi connectivity index (χ2v) is 4.05. The molecule has 7 heteroatoms. The molecule has 0 fully saturated rings. The van der Waals surface area contributed by atoms with Gasteiger partial charge in [0.05, 0.1) is 7.11 Å². The summed E-state index contributed by atoms with van der Waals surface area (Å²) >= 11 is 0. The van der Waals surface area contributed by atoms with Crippen molar-refractivity contribution >= 4 is 16.9 Å². The fourth-order valence-electron chi connectivity index (χ4n) is 1.94. The number of fused-ring (bicyclic) bond motifs is 1. The SMILES string of the molecule is COC(=O)[C@](N)(c1c[nH]c2ccccc12)C(F)(F)F. The second kappa shape index (κ2) is 4.27. The zero-order valence-corrected chi connectivity index (χ0v) is 9.91. The fraction of sp³-hybridized carbons (Fsp3) is 0.250. The van der Waals surface area contributed by atoms with Crippen molar-refractivity contribution in [3.63, 3.8) is 0 Å². The molecule has 0 saturated carbocycles. The first-order valence-corrected chi connectivity index (χ1v) is 5.33. The Balaban J connectivity index is 2.72. The van der Waals surface area contributed by atoms with Gasteiger partial charge in [0, 0.05) is 22.7 Å². The third kappa shape index (κ3) is 1.86. The molecule has 0 aliphatic carbocycles. The van der Waals surface area contributed by atoms with Crippen molar-refractivity contribution in [3.05, 3.63) is 36.0 Å². The van der Waals surface area contributed by atoms with Crippen molar-refractivity contribution in [3.8, 4) is 0 Å². The van der Waals surface area contributed by atoms with Gasteiger partial charge in [0.25, 0.3) is 0 Å². The average molecular weight is 272 g/mol. The number of ether oxygens (including phenoxy) is 1. The highest BCUT2D eigenvalue weighted by Gasteiger charge is 2.61. The van der Waals surface area contributed by atoms with Crippen molar-refractivity contribution in [2.75, 3.05) is 7.11 Å². The van der Waals surface area contributed by atoms with Crippen LogP contribution in [0.5, 0.6) is 0 Å². The maximum Gasteiger partial charge on any atom is 0.421 e. The van der Waals surface area contributed by atoms with E-state index >= 15 is 0 Å². The molecule has 0 bridgehead atoms. The number of hydrogen-bond acceptors (Lipinski definition) is 3. The lowest BCUT2D eigenvalue weighted by Gasteiger charge is -2.28. The summed E-state index contributed by atoms with van der Waals surface area (Å²) in [5.74, 6) is -1.55. The van der Waals surface area contributed by atoms with Gasteiger partial charge in [-0.3, -0.25) is 0 Å². The molecule has 1 atom stereocenters. The van der Waals surface area contributed by atoms with E-state index in [4.69, 9.17) is 5.73 Å². The van der Waals surface area contributed by atoms with E-state index in [1.54, 1.807) is 18.2 Å². The van der Waals surface area contributed by atoms with Gasteiger partial charge in [-0.1, -0.05) is 18.2 Å². The van der Waals surface area contributed by atoms with Crippen LogP contribution in [0.25, 0.3) is 10.9 Å². The highest BCUT2D eigenvalue weighted by molar-refractivity contribution is 5.93. The Morgan fingerprint density at radius 1 is 1.32 bits per heavy atom. The summed E-state index contributed by atoms with van der Waals surface area (Å²) in [5.41, 5.74) is 2.25. The molecular formula is C12H11F3N2O2. The molecule has 2 rings (SSSR count). The number of halogens is 3. The predicted octanol–water partition coefficient (Wildman–Crippen LogP) is 2.06. The Hall–Kier alpha value is -2.02. The van der Waals surface area contributed by atoms with Crippen LogP contribution in [0.3, 0.4) is 0 Å². The molecule has 4 nitrogen and oxygen atoms in total. The maximum atomic E-state index is 13.2. The number of H-pyrrole nitrogens is 1. The molecule has 0 amide bonds. The van der Waals surface area contributed by atoms with Crippen LogP contribution in [0, 0.1) is 0 Å². The van der Waals surface area contributed by atoms with Crippen LogP contribution in [-0.4, -0.2) is 24.2 Å². The van der Waals surface area contributed by atoms with Crippen molar-refractivity contribution in [2.45, 2.75) is 11.7 Å². The molecule has 1 heterocycles. The van der Waals surface area contributed by atoms with Crippen LogP contribution in [0.4, 0.5) is 13.2 Å².